The Hall–Kier alpha value is -4.42. The molecule has 0 spiro atoms. The van der Waals surface area contributed by atoms with Crippen molar-refractivity contribution in [3.8, 4) is 6.07 Å². The third-order valence-electron chi connectivity index (χ3n) is 4.95. The van der Waals surface area contributed by atoms with Crippen LogP contribution in [0.25, 0.3) is 20.3 Å². The number of fused-ring (bicyclic) bond motifs is 3. The van der Waals surface area contributed by atoms with Crippen molar-refractivity contribution in [3.05, 3.63) is 106 Å². The van der Waals surface area contributed by atoms with E-state index < -0.39 is 17.2 Å². The molecule has 1 amide bonds. The number of nitrogens with one attached hydrogen (secondary N) is 1. The van der Waals surface area contributed by atoms with E-state index in [1.165, 1.54) is 34.3 Å². The van der Waals surface area contributed by atoms with E-state index in [1.54, 1.807) is 24.3 Å². The van der Waals surface area contributed by atoms with Gasteiger partial charge >= 0.3 is 5.69 Å². The molecule has 3 aromatic heterocycles. The van der Waals surface area contributed by atoms with Gasteiger partial charge in [-0.2, -0.15) is 5.26 Å². The van der Waals surface area contributed by atoms with Gasteiger partial charge < -0.3 is 9.73 Å². The highest BCUT2D eigenvalue weighted by molar-refractivity contribution is 7.25. The topological polar surface area (TPSA) is 110 Å². The Kier molecular flexibility index (Phi) is 5.93. The van der Waals surface area contributed by atoms with E-state index in [0.29, 0.717) is 21.4 Å². The van der Waals surface area contributed by atoms with Crippen LogP contribution in [0.2, 0.25) is 0 Å². The summed E-state index contributed by atoms with van der Waals surface area (Å²) in [6.07, 6.45) is 4.32. The van der Waals surface area contributed by atoms with Crippen molar-refractivity contribution in [1.82, 2.24) is 14.5 Å². The van der Waals surface area contributed by atoms with E-state index in [-0.39, 0.29) is 24.4 Å². The Morgan fingerprint density at radius 1 is 1.21 bits per heavy atom. The maximum Gasteiger partial charge on any atom is 0.332 e. The molecule has 0 saturated carbocycles. The maximum atomic E-state index is 13.4. The molecule has 0 aliphatic carbocycles. The zero-order chi connectivity index (χ0) is 23.5. The zero-order valence-corrected chi connectivity index (χ0v) is 18.2. The Morgan fingerprint density at radius 3 is 2.70 bits per heavy atom. The van der Waals surface area contributed by atoms with E-state index in [9.17, 15) is 14.4 Å². The molecule has 0 aliphatic heterocycles. The number of hydrogen-bond acceptors (Lipinski definition) is 6. The Balaban J connectivity index is 1.88. The molecule has 9 heteroatoms. The monoisotopic (exact) mass is 458 g/mol. The van der Waals surface area contributed by atoms with Crippen molar-refractivity contribution < 1.29 is 9.21 Å². The molecule has 0 atom stereocenters. The number of aromatic nitrogens is 2. The highest BCUT2D eigenvalue weighted by atomic mass is 32.1. The molecule has 0 aliphatic rings. The molecule has 3 heterocycles. The van der Waals surface area contributed by atoms with Gasteiger partial charge in [0.1, 0.15) is 23.1 Å². The number of hydrogen-bond donors (Lipinski definition) is 1. The van der Waals surface area contributed by atoms with Crippen molar-refractivity contribution >= 4 is 37.5 Å². The van der Waals surface area contributed by atoms with Crippen LogP contribution < -0.4 is 16.6 Å². The Morgan fingerprint density at radius 2 is 2.00 bits per heavy atom. The number of benzene rings is 1. The van der Waals surface area contributed by atoms with Crippen molar-refractivity contribution in [1.29, 1.82) is 5.26 Å². The fraction of sp³-hybridized carbons (Fsp3) is 0.0833. The minimum Gasteiger partial charge on any atom is -0.467 e. The highest BCUT2D eigenvalue weighted by Crippen LogP contribution is 2.30. The highest BCUT2D eigenvalue weighted by Gasteiger charge is 2.21. The van der Waals surface area contributed by atoms with Crippen molar-refractivity contribution in [2.24, 2.45) is 0 Å². The molecular weight excluding hydrogens is 440 g/mol. The predicted molar refractivity (Wildman–Crippen MR) is 127 cm³/mol. The lowest BCUT2D eigenvalue weighted by atomic mass is 10.2. The second-order valence-corrected chi connectivity index (χ2v) is 8.12. The van der Waals surface area contributed by atoms with Gasteiger partial charge in [-0.25, -0.2) is 4.79 Å². The van der Waals surface area contributed by atoms with E-state index in [2.05, 4.69) is 18.5 Å². The fourth-order valence-electron chi connectivity index (χ4n) is 3.47. The van der Waals surface area contributed by atoms with Crippen LogP contribution in [0.3, 0.4) is 0 Å². The van der Waals surface area contributed by atoms with Crippen LogP contribution in [-0.4, -0.2) is 15.0 Å². The van der Waals surface area contributed by atoms with E-state index in [1.807, 2.05) is 18.2 Å². The van der Waals surface area contributed by atoms with Crippen LogP contribution in [0.1, 0.15) is 5.76 Å². The Labute approximate surface area is 191 Å². The molecule has 0 fully saturated rings. The van der Waals surface area contributed by atoms with Gasteiger partial charge in [0.15, 0.2) is 0 Å². The van der Waals surface area contributed by atoms with Gasteiger partial charge in [-0.05, 0) is 24.3 Å². The first-order valence-electron chi connectivity index (χ1n) is 9.83. The van der Waals surface area contributed by atoms with Crippen molar-refractivity contribution in [2.45, 2.75) is 13.1 Å². The fourth-order valence-corrected chi connectivity index (χ4v) is 4.62. The summed E-state index contributed by atoms with van der Waals surface area (Å²) >= 11 is 1.26. The molecule has 4 aromatic rings. The van der Waals surface area contributed by atoms with Crippen LogP contribution in [0, 0.1) is 11.3 Å². The summed E-state index contributed by atoms with van der Waals surface area (Å²) in [5.74, 6) is -0.117. The Bertz CT molecular complexity index is 1590. The standard InChI is InChI=1S/C24H18N4O4S/c1-3-7-18(15(2)12-25)26-20(29)14-27-21-17-9-4-5-10-19(17)33-22(21)23(30)28(24(27)31)13-16-8-6-11-32-16/h3-11H,1-2,13-14H2,(H,26,29)/b18-7+. The van der Waals surface area contributed by atoms with Gasteiger partial charge in [-0.3, -0.25) is 18.7 Å². The first kappa shape index (κ1) is 21.8. The quantitative estimate of drug-likeness (QED) is 0.338. The minimum atomic E-state index is -0.643. The third kappa shape index (κ3) is 4.07. The number of furan rings is 1. The van der Waals surface area contributed by atoms with Crippen molar-refractivity contribution in [3.63, 3.8) is 0 Å². The number of carbonyl (C=O) groups excluding carboxylic acids is 1. The van der Waals surface area contributed by atoms with Gasteiger partial charge in [0, 0.05) is 10.1 Å². The molecule has 1 aromatic carbocycles. The molecule has 0 unspecified atom stereocenters. The second kappa shape index (κ2) is 8.98. The average molecular weight is 458 g/mol. The van der Waals surface area contributed by atoms with Gasteiger partial charge in [0.05, 0.1) is 29.6 Å². The molecule has 1 N–H and O–H groups in total. The van der Waals surface area contributed by atoms with Crippen LogP contribution in [0.5, 0.6) is 0 Å². The molecule has 0 bridgehead atoms. The van der Waals surface area contributed by atoms with Crippen LogP contribution in [0.4, 0.5) is 0 Å². The number of amides is 1. The van der Waals surface area contributed by atoms with Crippen molar-refractivity contribution in [2.75, 3.05) is 0 Å². The zero-order valence-electron chi connectivity index (χ0n) is 17.4. The molecule has 0 radical (unpaired) electrons. The summed E-state index contributed by atoms with van der Waals surface area (Å²) in [4.78, 5) is 39.5. The number of nitrogens with zero attached hydrogens (tertiary/aromatic N) is 3. The third-order valence-corrected chi connectivity index (χ3v) is 6.10. The lowest BCUT2D eigenvalue weighted by molar-refractivity contribution is -0.120. The smallest absolute Gasteiger partial charge is 0.332 e. The summed E-state index contributed by atoms with van der Waals surface area (Å²) < 4.78 is 8.82. The largest absolute Gasteiger partial charge is 0.467 e. The predicted octanol–water partition coefficient (Wildman–Crippen LogP) is 3.29. The lowest BCUT2D eigenvalue weighted by Crippen LogP contribution is -2.42. The molecule has 0 saturated heterocycles. The number of allylic oxidation sites excluding steroid dienone is 3. The van der Waals surface area contributed by atoms with Gasteiger partial charge in [-0.15, -0.1) is 11.3 Å². The summed E-state index contributed by atoms with van der Waals surface area (Å²) in [5, 5.41) is 12.4. The van der Waals surface area contributed by atoms with E-state index in [0.717, 1.165) is 9.27 Å². The number of rotatable bonds is 7. The lowest BCUT2D eigenvalue weighted by Gasteiger charge is -2.13. The first-order valence-corrected chi connectivity index (χ1v) is 10.7. The average Bonchev–Trinajstić information content (AvgIpc) is 3.46. The normalized spacial score (nSPS) is 11.4. The van der Waals surface area contributed by atoms with Gasteiger partial charge in [-0.1, -0.05) is 37.4 Å². The molecule has 4 rings (SSSR count). The van der Waals surface area contributed by atoms with Crippen LogP contribution in [-0.2, 0) is 17.9 Å². The number of thiophene rings is 1. The summed E-state index contributed by atoms with van der Waals surface area (Å²) in [7, 11) is 0. The second-order valence-electron chi connectivity index (χ2n) is 7.07. The summed E-state index contributed by atoms with van der Waals surface area (Å²) in [6.45, 7) is 6.73. The van der Waals surface area contributed by atoms with E-state index in [4.69, 9.17) is 9.68 Å². The van der Waals surface area contributed by atoms with E-state index >= 15 is 0 Å². The molecule has 164 valence electrons. The first-order chi connectivity index (χ1) is 15.9. The van der Waals surface area contributed by atoms with Crippen LogP contribution in [0.15, 0.2) is 93.2 Å². The van der Waals surface area contributed by atoms with Gasteiger partial charge in [0.2, 0.25) is 5.91 Å². The molecular formula is C24H18N4O4S. The number of nitriles is 1. The molecule has 33 heavy (non-hydrogen) atoms. The molecule has 8 nitrogen and oxygen atoms in total. The van der Waals surface area contributed by atoms with Gasteiger partial charge in [0.25, 0.3) is 5.56 Å². The SMILES string of the molecule is C=C/C=C(/NC(=O)Cn1c(=O)n(Cc2ccco2)c(=O)c2sc3ccccc3c21)C(=C)C#N. The number of carbonyl (C=O) groups is 1. The maximum absolute atomic E-state index is 13.4. The minimum absolute atomic E-state index is 0.0458. The van der Waals surface area contributed by atoms with Crippen LogP contribution >= 0.6 is 11.3 Å². The summed E-state index contributed by atoms with van der Waals surface area (Å²) in [6, 6.07) is 12.5. The summed E-state index contributed by atoms with van der Waals surface area (Å²) in [5.41, 5.74) is -0.472.